The van der Waals surface area contributed by atoms with Gasteiger partial charge in [0.25, 0.3) is 0 Å². The molecule has 0 amide bonds. The smallest absolute Gasteiger partial charge is 0.303 e. The van der Waals surface area contributed by atoms with Crippen molar-refractivity contribution in [1.82, 2.24) is 14.7 Å². The number of aryl methyl sites for hydroxylation is 1. The van der Waals surface area contributed by atoms with Gasteiger partial charge in [-0.25, -0.2) is 0 Å². The first kappa shape index (κ1) is 15.0. The number of aliphatic carboxylic acids is 1. The lowest BCUT2D eigenvalue weighted by Crippen LogP contribution is -2.39. The second-order valence-corrected chi connectivity index (χ2v) is 5.66. The molecule has 0 aromatic carbocycles. The van der Waals surface area contributed by atoms with Gasteiger partial charge in [-0.3, -0.25) is 14.4 Å². The van der Waals surface area contributed by atoms with Gasteiger partial charge in [-0.05, 0) is 32.2 Å². The largest absolute Gasteiger partial charge is 0.481 e. The second kappa shape index (κ2) is 7.43. The quantitative estimate of drug-likeness (QED) is 0.833. The van der Waals surface area contributed by atoms with E-state index in [1.165, 1.54) is 18.4 Å². The molecule has 1 aliphatic heterocycles. The average Bonchev–Trinajstić information content (AvgIpc) is 2.85. The summed E-state index contributed by atoms with van der Waals surface area (Å²) < 4.78 is 1.99. The molecule has 1 fully saturated rings. The maximum atomic E-state index is 10.8. The fourth-order valence-corrected chi connectivity index (χ4v) is 2.96. The Morgan fingerprint density at radius 1 is 1.50 bits per heavy atom. The van der Waals surface area contributed by atoms with E-state index >= 15 is 0 Å². The Hall–Kier alpha value is -1.36. The molecular formula is C15H25N3O2. The van der Waals surface area contributed by atoms with Crippen LogP contribution < -0.4 is 0 Å². The predicted molar refractivity (Wildman–Crippen MR) is 77.4 cm³/mol. The Morgan fingerprint density at radius 2 is 2.35 bits per heavy atom. The summed E-state index contributed by atoms with van der Waals surface area (Å²) in [4.78, 5) is 13.2. The third kappa shape index (κ3) is 4.34. The highest BCUT2D eigenvalue weighted by atomic mass is 16.4. The van der Waals surface area contributed by atoms with Gasteiger partial charge in [0.05, 0.1) is 6.20 Å². The van der Waals surface area contributed by atoms with Crippen LogP contribution in [0.2, 0.25) is 0 Å². The summed E-state index contributed by atoms with van der Waals surface area (Å²) in [6, 6.07) is 0.411. The average molecular weight is 279 g/mol. The second-order valence-electron chi connectivity index (χ2n) is 5.66. The number of carboxylic acids is 1. The highest BCUT2D eigenvalue weighted by molar-refractivity contribution is 5.66. The van der Waals surface area contributed by atoms with E-state index in [1.807, 2.05) is 10.9 Å². The number of aromatic nitrogens is 2. The third-order valence-electron chi connectivity index (χ3n) is 3.97. The molecule has 112 valence electrons. The molecule has 1 saturated heterocycles. The van der Waals surface area contributed by atoms with Crippen molar-refractivity contribution in [3.8, 4) is 0 Å². The summed E-state index contributed by atoms with van der Waals surface area (Å²) >= 11 is 0. The Kier molecular flexibility index (Phi) is 5.59. The van der Waals surface area contributed by atoms with E-state index < -0.39 is 5.97 Å². The number of carbonyl (C=O) groups is 1. The molecule has 0 saturated carbocycles. The van der Waals surface area contributed by atoms with Crippen LogP contribution in [0.15, 0.2) is 12.4 Å². The normalized spacial score (nSPS) is 20.1. The summed E-state index contributed by atoms with van der Waals surface area (Å²) in [5.74, 6) is -0.689. The fourth-order valence-electron chi connectivity index (χ4n) is 2.96. The number of likely N-dealkylation sites (tertiary alicyclic amines) is 1. The van der Waals surface area contributed by atoms with Crippen molar-refractivity contribution in [3.63, 3.8) is 0 Å². The first-order valence-corrected chi connectivity index (χ1v) is 7.66. The zero-order valence-electron chi connectivity index (χ0n) is 12.3. The minimum atomic E-state index is -0.689. The molecule has 20 heavy (non-hydrogen) atoms. The number of rotatable bonds is 7. The molecular weight excluding hydrogens is 254 g/mol. The Balaban J connectivity index is 1.91. The third-order valence-corrected chi connectivity index (χ3v) is 3.97. The SMILES string of the molecule is CCCn1cc(CN2CCCCC2CCC(=O)O)cn1. The minimum Gasteiger partial charge on any atom is -0.481 e. The van der Waals surface area contributed by atoms with E-state index in [0.29, 0.717) is 6.04 Å². The van der Waals surface area contributed by atoms with Gasteiger partial charge in [0, 0.05) is 37.3 Å². The molecule has 5 nitrogen and oxygen atoms in total. The van der Waals surface area contributed by atoms with Gasteiger partial charge >= 0.3 is 5.97 Å². The topological polar surface area (TPSA) is 58.4 Å². The molecule has 0 radical (unpaired) electrons. The van der Waals surface area contributed by atoms with E-state index in [0.717, 1.165) is 38.9 Å². The molecule has 1 atom stereocenters. The first-order valence-electron chi connectivity index (χ1n) is 7.66. The van der Waals surface area contributed by atoms with Crippen molar-refractivity contribution in [2.45, 2.75) is 64.6 Å². The zero-order chi connectivity index (χ0) is 14.4. The van der Waals surface area contributed by atoms with E-state index in [1.54, 1.807) is 0 Å². The maximum Gasteiger partial charge on any atom is 0.303 e. The van der Waals surface area contributed by atoms with Gasteiger partial charge in [0.1, 0.15) is 0 Å². The molecule has 1 aliphatic rings. The van der Waals surface area contributed by atoms with Crippen LogP contribution in [0.3, 0.4) is 0 Å². The standard InChI is InChI=1S/C15H25N3O2/c1-2-8-18-12-13(10-16-18)11-17-9-4-3-5-14(17)6-7-15(19)20/h10,12,14H,2-9,11H2,1H3,(H,19,20). The van der Waals surface area contributed by atoms with Crippen LogP contribution in [0.25, 0.3) is 0 Å². The van der Waals surface area contributed by atoms with Crippen molar-refractivity contribution >= 4 is 5.97 Å². The highest BCUT2D eigenvalue weighted by Crippen LogP contribution is 2.22. The Morgan fingerprint density at radius 3 is 3.10 bits per heavy atom. The van der Waals surface area contributed by atoms with Crippen molar-refractivity contribution in [2.24, 2.45) is 0 Å². The molecule has 2 rings (SSSR count). The fraction of sp³-hybridized carbons (Fsp3) is 0.733. The summed E-state index contributed by atoms with van der Waals surface area (Å²) in [7, 11) is 0. The predicted octanol–water partition coefficient (Wildman–Crippen LogP) is 2.51. The molecule has 5 heteroatoms. The van der Waals surface area contributed by atoms with Gasteiger partial charge < -0.3 is 5.11 Å². The Bertz CT molecular complexity index is 431. The van der Waals surface area contributed by atoms with Gasteiger partial charge in [0.15, 0.2) is 0 Å². The lowest BCUT2D eigenvalue weighted by molar-refractivity contribution is -0.137. The summed E-state index contributed by atoms with van der Waals surface area (Å²) in [5, 5.41) is 13.2. The number of nitrogens with zero attached hydrogens (tertiary/aromatic N) is 3. The van der Waals surface area contributed by atoms with Crippen molar-refractivity contribution in [2.75, 3.05) is 6.54 Å². The molecule has 1 N–H and O–H groups in total. The molecule has 0 aliphatic carbocycles. The van der Waals surface area contributed by atoms with Gasteiger partial charge in [0.2, 0.25) is 0 Å². The van der Waals surface area contributed by atoms with E-state index in [2.05, 4.69) is 23.1 Å². The highest BCUT2D eigenvalue weighted by Gasteiger charge is 2.23. The van der Waals surface area contributed by atoms with E-state index in [4.69, 9.17) is 5.11 Å². The van der Waals surface area contributed by atoms with Crippen LogP contribution in [0.5, 0.6) is 0 Å². The van der Waals surface area contributed by atoms with E-state index in [9.17, 15) is 4.79 Å². The zero-order valence-corrected chi connectivity index (χ0v) is 12.3. The van der Waals surface area contributed by atoms with Crippen LogP contribution in [-0.4, -0.2) is 38.3 Å². The molecule has 2 heterocycles. The monoisotopic (exact) mass is 279 g/mol. The summed E-state index contributed by atoms with van der Waals surface area (Å²) in [6.45, 7) is 5.08. The van der Waals surface area contributed by atoms with Crippen molar-refractivity contribution in [1.29, 1.82) is 0 Å². The lowest BCUT2D eigenvalue weighted by atomic mass is 9.97. The molecule has 0 spiro atoms. The van der Waals surface area contributed by atoms with Crippen LogP contribution in [0.1, 0.15) is 51.0 Å². The first-order chi connectivity index (χ1) is 9.69. The molecule has 1 unspecified atom stereocenters. The van der Waals surface area contributed by atoms with Crippen molar-refractivity contribution < 1.29 is 9.90 Å². The van der Waals surface area contributed by atoms with E-state index in [-0.39, 0.29) is 6.42 Å². The maximum absolute atomic E-state index is 10.8. The lowest BCUT2D eigenvalue weighted by Gasteiger charge is -2.35. The van der Waals surface area contributed by atoms with Crippen LogP contribution in [-0.2, 0) is 17.9 Å². The number of piperidine rings is 1. The van der Waals surface area contributed by atoms with Crippen LogP contribution >= 0.6 is 0 Å². The minimum absolute atomic E-state index is 0.274. The number of carboxylic acid groups (broad SMARTS) is 1. The molecule has 1 aromatic rings. The van der Waals surface area contributed by atoms with Gasteiger partial charge in [-0.1, -0.05) is 13.3 Å². The molecule has 0 bridgehead atoms. The molecule has 1 aromatic heterocycles. The Labute approximate surface area is 120 Å². The summed E-state index contributed by atoms with van der Waals surface area (Å²) in [6.07, 6.45) is 9.74. The van der Waals surface area contributed by atoms with Gasteiger partial charge in [-0.2, -0.15) is 5.10 Å². The van der Waals surface area contributed by atoms with Crippen molar-refractivity contribution in [3.05, 3.63) is 18.0 Å². The number of hydrogen-bond donors (Lipinski definition) is 1. The van der Waals surface area contributed by atoms with Crippen LogP contribution in [0.4, 0.5) is 0 Å². The summed E-state index contributed by atoms with van der Waals surface area (Å²) in [5.41, 5.74) is 1.24. The van der Waals surface area contributed by atoms with Gasteiger partial charge in [-0.15, -0.1) is 0 Å². The van der Waals surface area contributed by atoms with Crippen LogP contribution in [0, 0.1) is 0 Å². The number of hydrogen-bond acceptors (Lipinski definition) is 3.